The molecule has 0 aliphatic heterocycles. The zero-order chi connectivity index (χ0) is 49.9. The Morgan fingerprint density at radius 3 is 0.527 bits per heavy atom. The van der Waals surface area contributed by atoms with Gasteiger partial charge in [0.15, 0.2) is 0 Å². The fraction of sp³-hybridized carbons (Fsp3) is 0.0811. The third kappa shape index (κ3) is 5.69. The summed E-state index contributed by atoms with van der Waals surface area (Å²) < 4.78 is 0. The minimum atomic E-state index is 1.31. The lowest BCUT2D eigenvalue weighted by atomic mass is 9.73. The molecule has 0 radical (unpaired) electrons. The van der Waals surface area contributed by atoms with Crippen LogP contribution in [-0.4, -0.2) is 0 Å². The van der Waals surface area contributed by atoms with Crippen LogP contribution in [0.1, 0.15) is 41.5 Å². The van der Waals surface area contributed by atoms with Gasteiger partial charge in [-0.2, -0.15) is 0 Å². The van der Waals surface area contributed by atoms with Crippen molar-refractivity contribution in [1.82, 2.24) is 0 Å². The summed E-state index contributed by atoms with van der Waals surface area (Å²) in [6.07, 6.45) is 0. The van der Waals surface area contributed by atoms with Crippen molar-refractivity contribution in [1.29, 1.82) is 0 Å². The van der Waals surface area contributed by atoms with Gasteiger partial charge in [0.2, 0.25) is 0 Å². The van der Waals surface area contributed by atoms with Crippen LogP contribution in [0.25, 0.3) is 173 Å². The van der Waals surface area contributed by atoms with Gasteiger partial charge in [-0.15, -0.1) is 0 Å². The number of benzene rings is 17. The van der Waals surface area contributed by atoms with E-state index in [9.17, 15) is 0 Å². The molecule has 0 saturated heterocycles. The molecule has 0 saturated carbocycles. The molecule has 0 heteroatoms. The maximum absolute atomic E-state index is 2.37. The summed E-state index contributed by atoms with van der Waals surface area (Å²) >= 11 is 0. The van der Waals surface area contributed by atoms with Crippen molar-refractivity contribution < 1.29 is 0 Å². The standard InChI is InChI=1S/C42H18.C16H10.C10H8.3C2H6/c1-7-19-21-9-2-11-23-25-13-4-15-27-29-17-6-18-30-28-16-5-14-26-24-12-3-10-22-20(8-1)31(19)37-38(32(21)23)40(34(25)27)42(36(29)30)41(35(26)28)39(37)33(22)24;1-3-11-7-9-13-5-2-6-14-10-8-12(4-1)15(11)16(13)14;1-2-5-9-7-4-8-10(9)6-3-1;3*1-2/h1-18H;1-10H;1-8H;3*1-2H3. The predicted octanol–water partition coefficient (Wildman–Crippen LogP) is 22.6. The minimum Gasteiger partial charge on any atom is -0.0683 e. The van der Waals surface area contributed by atoms with Gasteiger partial charge in [-0.1, -0.05) is 260 Å². The highest BCUT2D eigenvalue weighted by molar-refractivity contribution is 6.61. The van der Waals surface area contributed by atoms with Gasteiger partial charge in [0.25, 0.3) is 0 Å². The van der Waals surface area contributed by atoms with Gasteiger partial charge in [-0.25, -0.2) is 0 Å². The van der Waals surface area contributed by atoms with Crippen LogP contribution in [-0.2, 0) is 0 Å². The molecule has 350 valence electrons. The second-order valence-corrected chi connectivity index (χ2v) is 19.3. The lowest BCUT2D eigenvalue weighted by molar-refractivity contribution is 1.50. The zero-order valence-electron chi connectivity index (χ0n) is 42.8. The normalized spacial score (nSPS) is 11.9. The molecule has 0 amide bonds. The van der Waals surface area contributed by atoms with Crippen molar-refractivity contribution in [2.24, 2.45) is 0 Å². The summed E-state index contributed by atoms with van der Waals surface area (Å²) in [5, 5.41) is 42.1. The zero-order valence-corrected chi connectivity index (χ0v) is 42.8. The van der Waals surface area contributed by atoms with Crippen LogP contribution in [0.4, 0.5) is 0 Å². The molecule has 0 N–H and O–H groups in total. The van der Waals surface area contributed by atoms with Crippen LogP contribution in [0.5, 0.6) is 0 Å². The van der Waals surface area contributed by atoms with Crippen LogP contribution in [0.15, 0.2) is 218 Å². The molecule has 0 spiro atoms. The summed E-state index contributed by atoms with van der Waals surface area (Å²) in [7, 11) is 0. The Kier molecular flexibility index (Phi) is 10.0. The molecule has 0 atom stereocenters. The topological polar surface area (TPSA) is 0 Å². The molecule has 17 aromatic rings. The Balaban J connectivity index is 0.000000129. The summed E-state index contributed by atoms with van der Waals surface area (Å²) in [4.78, 5) is 0. The highest BCUT2D eigenvalue weighted by Gasteiger charge is 2.30. The van der Waals surface area contributed by atoms with E-state index in [1.807, 2.05) is 47.6 Å². The summed E-state index contributed by atoms with van der Waals surface area (Å²) in [5.41, 5.74) is 2.62. The first-order valence-corrected chi connectivity index (χ1v) is 26.9. The van der Waals surface area contributed by atoms with E-state index in [0.29, 0.717) is 0 Å². The Labute approximate surface area is 430 Å². The third-order valence-corrected chi connectivity index (χ3v) is 16.2. The summed E-state index contributed by atoms with van der Waals surface area (Å²) in [6, 6.07) is 80.6. The van der Waals surface area contributed by atoms with Crippen LogP contribution in [0, 0.1) is 0 Å². The van der Waals surface area contributed by atoms with E-state index in [1.165, 1.54) is 173 Å². The van der Waals surface area contributed by atoms with Crippen LogP contribution in [0.3, 0.4) is 0 Å². The molecule has 0 nitrogen and oxygen atoms in total. The number of hydrogen-bond donors (Lipinski definition) is 0. The number of rotatable bonds is 0. The quantitative estimate of drug-likeness (QED) is 0.105. The maximum Gasteiger partial charge on any atom is -0.0000476 e. The second-order valence-electron chi connectivity index (χ2n) is 19.3. The molecule has 0 aromatic heterocycles. The predicted molar refractivity (Wildman–Crippen MR) is 331 cm³/mol. The van der Waals surface area contributed by atoms with E-state index < -0.39 is 0 Å². The monoisotopic (exact) mass is 942 g/mol. The summed E-state index contributed by atoms with van der Waals surface area (Å²) in [6.45, 7) is 12.0. The van der Waals surface area contributed by atoms with Crippen molar-refractivity contribution in [3.05, 3.63) is 218 Å². The van der Waals surface area contributed by atoms with Gasteiger partial charge in [-0.05, 0) is 173 Å². The Bertz CT molecular complexity index is 4220. The van der Waals surface area contributed by atoms with Crippen LogP contribution in [0.2, 0.25) is 0 Å². The molecule has 74 heavy (non-hydrogen) atoms. The fourth-order valence-electron chi connectivity index (χ4n) is 13.7. The van der Waals surface area contributed by atoms with Gasteiger partial charge >= 0.3 is 0 Å². The van der Waals surface area contributed by atoms with E-state index in [2.05, 4.69) is 212 Å². The smallest absolute Gasteiger partial charge is 0.0000476 e. The molecule has 0 fully saturated rings. The molecular weight excluding hydrogens is 889 g/mol. The van der Waals surface area contributed by atoms with Gasteiger partial charge in [0.1, 0.15) is 0 Å². The minimum absolute atomic E-state index is 1.31. The second kappa shape index (κ2) is 16.9. The van der Waals surface area contributed by atoms with Crippen molar-refractivity contribution in [2.75, 3.05) is 0 Å². The average Bonchev–Trinajstić information content (AvgIpc) is 3.97. The van der Waals surface area contributed by atoms with E-state index in [1.54, 1.807) is 0 Å². The fourth-order valence-corrected chi connectivity index (χ4v) is 13.7. The van der Waals surface area contributed by atoms with Crippen LogP contribution >= 0.6 is 0 Å². The molecule has 0 bridgehead atoms. The van der Waals surface area contributed by atoms with Crippen molar-refractivity contribution in [3.63, 3.8) is 0 Å². The molecular formula is C74H54. The average molecular weight is 943 g/mol. The number of hydrogen-bond acceptors (Lipinski definition) is 0. The SMILES string of the molecule is CC.CC.CC.c1cc2c3cccc4c5cccc6c7cccc8c9cccc%10c%11cccc%12c(c1)c2c1c(c34)c(c56)c(c78)c(c%109)c1c%12%11.c1cc2ccc3cccc4ccc(c1)c2c34.c1ccc2cccc-2cc1. The lowest BCUT2D eigenvalue weighted by Gasteiger charge is -2.29. The van der Waals surface area contributed by atoms with Gasteiger partial charge in [-0.3, -0.25) is 0 Å². The molecule has 0 heterocycles. The van der Waals surface area contributed by atoms with Gasteiger partial charge < -0.3 is 0 Å². The van der Waals surface area contributed by atoms with E-state index >= 15 is 0 Å². The lowest BCUT2D eigenvalue weighted by Crippen LogP contribution is -1.99. The van der Waals surface area contributed by atoms with E-state index in [0.717, 1.165) is 0 Å². The molecule has 2 aliphatic rings. The first-order valence-electron chi connectivity index (χ1n) is 26.9. The molecule has 17 aromatic carbocycles. The van der Waals surface area contributed by atoms with Crippen LogP contribution < -0.4 is 0 Å². The van der Waals surface area contributed by atoms with Gasteiger partial charge in [0, 0.05) is 0 Å². The third-order valence-electron chi connectivity index (χ3n) is 16.2. The van der Waals surface area contributed by atoms with Gasteiger partial charge in [0.05, 0.1) is 0 Å². The largest absolute Gasteiger partial charge is 0.0683 e. The van der Waals surface area contributed by atoms with Crippen molar-refractivity contribution in [3.8, 4) is 11.1 Å². The number of fused-ring (bicyclic) bond motifs is 7. The highest BCUT2D eigenvalue weighted by atomic mass is 14.3. The first kappa shape index (κ1) is 43.9. The van der Waals surface area contributed by atoms with E-state index in [4.69, 9.17) is 0 Å². The Morgan fingerprint density at radius 1 is 0.135 bits per heavy atom. The maximum atomic E-state index is 2.37. The molecule has 0 unspecified atom stereocenters. The Hall–Kier alpha value is -8.84. The van der Waals surface area contributed by atoms with Crippen molar-refractivity contribution in [2.45, 2.75) is 41.5 Å². The molecule has 2 aliphatic carbocycles. The highest BCUT2D eigenvalue weighted by Crippen LogP contribution is 2.60. The Morgan fingerprint density at radius 2 is 0.311 bits per heavy atom. The van der Waals surface area contributed by atoms with E-state index in [-0.39, 0.29) is 0 Å². The summed E-state index contributed by atoms with van der Waals surface area (Å²) in [5.74, 6) is 0. The molecule has 19 rings (SSSR count). The first-order chi connectivity index (χ1) is 36.8. The van der Waals surface area contributed by atoms with Crippen molar-refractivity contribution >= 4 is 162 Å².